The molecule has 1 fully saturated rings. The molecule has 5 rings (SSSR count). The Hall–Kier alpha value is -3.62. The largest absolute Gasteiger partial charge is 0.493 e. The summed E-state index contributed by atoms with van der Waals surface area (Å²) in [5.41, 5.74) is 3.37. The van der Waals surface area contributed by atoms with Gasteiger partial charge in [-0.3, -0.25) is 14.5 Å². The molecule has 3 aromatic rings. The van der Waals surface area contributed by atoms with Gasteiger partial charge < -0.3 is 23.5 Å². The number of methoxy groups -OCH3 is 1. The molecule has 1 saturated heterocycles. The van der Waals surface area contributed by atoms with E-state index in [-0.39, 0.29) is 17.1 Å². The summed E-state index contributed by atoms with van der Waals surface area (Å²) in [6.45, 7) is 12.0. The first-order chi connectivity index (χ1) is 17.9. The van der Waals surface area contributed by atoms with Crippen LogP contribution in [-0.2, 0) is 4.74 Å². The molecule has 0 radical (unpaired) electrons. The van der Waals surface area contributed by atoms with Gasteiger partial charge in [0, 0.05) is 26.2 Å². The highest BCUT2D eigenvalue weighted by atomic mass is 16.5. The van der Waals surface area contributed by atoms with Gasteiger partial charge in [0.2, 0.25) is 5.76 Å². The lowest BCUT2D eigenvalue weighted by atomic mass is 9.97. The summed E-state index contributed by atoms with van der Waals surface area (Å²) in [4.78, 5) is 31.6. The zero-order valence-corrected chi connectivity index (χ0v) is 21.5. The number of benzene rings is 2. The minimum atomic E-state index is -0.604. The fraction of sp³-hybridized carbons (Fsp3) is 0.379. The zero-order valence-electron chi connectivity index (χ0n) is 21.5. The highest BCUT2D eigenvalue weighted by molar-refractivity contribution is 5.99. The van der Waals surface area contributed by atoms with Gasteiger partial charge in [-0.1, -0.05) is 18.7 Å². The maximum atomic E-state index is 13.9. The summed E-state index contributed by atoms with van der Waals surface area (Å²) < 4.78 is 22.9. The average Bonchev–Trinajstić information content (AvgIpc) is 3.19. The quantitative estimate of drug-likeness (QED) is 0.431. The van der Waals surface area contributed by atoms with Gasteiger partial charge in [0.15, 0.2) is 16.9 Å². The third-order valence-corrected chi connectivity index (χ3v) is 7.20. The van der Waals surface area contributed by atoms with Crippen LogP contribution in [-0.4, -0.2) is 68.8 Å². The molecule has 194 valence electrons. The minimum absolute atomic E-state index is 0.110. The van der Waals surface area contributed by atoms with Crippen molar-refractivity contribution in [3.8, 4) is 11.5 Å². The molecular formula is C29H32N2O6. The lowest BCUT2D eigenvalue weighted by molar-refractivity contribution is 0.0314. The Morgan fingerprint density at radius 1 is 1.05 bits per heavy atom. The predicted molar refractivity (Wildman–Crippen MR) is 141 cm³/mol. The normalized spacial score (nSPS) is 17.8. The first kappa shape index (κ1) is 25.0. The molecule has 8 heteroatoms. The van der Waals surface area contributed by atoms with E-state index in [2.05, 4.69) is 11.5 Å². The van der Waals surface area contributed by atoms with Crippen LogP contribution in [0.2, 0.25) is 0 Å². The number of carbonyl (C=O) groups is 1. The van der Waals surface area contributed by atoms with Gasteiger partial charge >= 0.3 is 0 Å². The van der Waals surface area contributed by atoms with Crippen LogP contribution in [0, 0.1) is 13.8 Å². The first-order valence-electron chi connectivity index (χ1n) is 12.5. The van der Waals surface area contributed by atoms with Gasteiger partial charge in [-0.25, -0.2) is 0 Å². The van der Waals surface area contributed by atoms with Crippen molar-refractivity contribution in [3.63, 3.8) is 0 Å². The van der Waals surface area contributed by atoms with Crippen molar-refractivity contribution in [3.05, 3.63) is 81.2 Å². The Bertz CT molecular complexity index is 1410. The van der Waals surface area contributed by atoms with E-state index in [0.29, 0.717) is 60.9 Å². The highest BCUT2D eigenvalue weighted by Gasteiger charge is 2.43. The lowest BCUT2D eigenvalue weighted by Crippen LogP contribution is -2.42. The molecule has 2 aromatic carbocycles. The molecule has 0 N–H and O–H groups in total. The third-order valence-electron chi connectivity index (χ3n) is 7.20. The van der Waals surface area contributed by atoms with Crippen molar-refractivity contribution in [2.24, 2.45) is 0 Å². The molecule has 2 aliphatic heterocycles. The summed E-state index contributed by atoms with van der Waals surface area (Å²) in [6.07, 6.45) is 1.66. The Labute approximate surface area is 216 Å². The van der Waals surface area contributed by atoms with Crippen LogP contribution in [0.5, 0.6) is 11.5 Å². The number of fused-ring (bicyclic) bond motifs is 2. The molecule has 0 aliphatic carbocycles. The molecule has 1 atom stereocenters. The molecule has 0 saturated carbocycles. The monoisotopic (exact) mass is 504 g/mol. The molecule has 1 aromatic heterocycles. The van der Waals surface area contributed by atoms with Crippen molar-refractivity contribution < 1.29 is 23.4 Å². The summed E-state index contributed by atoms with van der Waals surface area (Å²) in [5, 5.41) is 0.479. The van der Waals surface area contributed by atoms with E-state index in [4.69, 9.17) is 18.6 Å². The van der Waals surface area contributed by atoms with Crippen LogP contribution in [0.4, 0.5) is 0 Å². The van der Waals surface area contributed by atoms with E-state index in [1.165, 1.54) is 0 Å². The number of amides is 1. The summed E-state index contributed by atoms with van der Waals surface area (Å²) in [5.74, 6) is 0.910. The molecule has 2 aliphatic rings. The molecule has 0 bridgehead atoms. The van der Waals surface area contributed by atoms with E-state index in [9.17, 15) is 9.59 Å². The van der Waals surface area contributed by atoms with Gasteiger partial charge in [-0.05, 0) is 54.8 Å². The fourth-order valence-electron chi connectivity index (χ4n) is 5.05. The van der Waals surface area contributed by atoms with E-state index in [1.807, 2.05) is 38.1 Å². The van der Waals surface area contributed by atoms with Gasteiger partial charge in [-0.15, -0.1) is 0 Å². The molecule has 8 nitrogen and oxygen atoms in total. The second-order valence-electron chi connectivity index (χ2n) is 9.47. The predicted octanol–water partition coefficient (Wildman–Crippen LogP) is 3.86. The fourth-order valence-corrected chi connectivity index (χ4v) is 5.05. The number of aryl methyl sites for hydroxylation is 2. The van der Waals surface area contributed by atoms with Crippen LogP contribution in [0.3, 0.4) is 0 Å². The first-order valence-corrected chi connectivity index (χ1v) is 12.5. The highest BCUT2D eigenvalue weighted by Crippen LogP contribution is 2.41. The van der Waals surface area contributed by atoms with Crippen molar-refractivity contribution in [1.29, 1.82) is 0 Å². The summed E-state index contributed by atoms with van der Waals surface area (Å²) in [7, 11) is 1.57. The number of ether oxygens (including phenoxy) is 3. The van der Waals surface area contributed by atoms with E-state index >= 15 is 0 Å². The van der Waals surface area contributed by atoms with Crippen LogP contribution in [0.15, 0.2) is 52.2 Å². The number of carbonyl (C=O) groups excluding carboxylic acids is 1. The Morgan fingerprint density at radius 3 is 2.54 bits per heavy atom. The molecule has 37 heavy (non-hydrogen) atoms. The van der Waals surface area contributed by atoms with E-state index < -0.39 is 6.04 Å². The Morgan fingerprint density at radius 2 is 1.81 bits per heavy atom. The minimum Gasteiger partial charge on any atom is -0.493 e. The van der Waals surface area contributed by atoms with Crippen LogP contribution < -0.4 is 14.9 Å². The number of hydrogen-bond acceptors (Lipinski definition) is 7. The van der Waals surface area contributed by atoms with Crippen molar-refractivity contribution >= 4 is 16.9 Å². The number of rotatable bonds is 8. The second kappa shape index (κ2) is 10.4. The van der Waals surface area contributed by atoms with Crippen LogP contribution in [0.1, 0.15) is 38.9 Å². The van der Waals surface area contributed by atoms with Gasteiger partial charge in [0.25, 0.3) is 5.91 Å². The lowest BCUT2D eigenvalue weighted by Gasteiger charge is -2.31. The van der Waals surface area contributed by atoms with E-state index in [1.54, 1.807) is 24.2 Å². The molecule has 1 amide bonds. The van der Waals surface area contributed by atoms with Gasteiger partial charge in [0.1, 0.15) is 12.2 Å². The van der Waals surface area contributed by atoms with Crippen LogP contribution in [0.25, 0.3) is 11.0 Å². The number of hydrogen-bond donors (Lipinski definition) is 0. The summed E-state index contributed by atoms with van der Waals surface area (Å²) in [6, 6.07) is 8.59. The Kier molecular flexibility index (Phi) is 7.04. The molecule has 3 heterocycles. The van der Waals surface area contributed by atoms with Crippen molar-refractivity contribution in [2.45, 2.75) is 19.9 Å². The van der Waals surface area contributed by atoms with Gasteiger partial charge in [-0.2, -0.15) is 0 Å². The second-order valence-corrected chi connectivity index (χ2v) is 9.47. The number of nitrogens with zero attached hydrogens (tertiary/aromatic N) is 2. The standard InChI is InChI=1S/C29H32N2O6/c1-5-12-36-22-7-6-20(17-24(22)34-4)26-25-27(32)21-15-18(2)19(3)16-23(21)37-28(25)29(33)31(26)9-8-30-10-13-35-14-11-30/h5-7,15-17,26H,1,8-14H2,2-4H3. The average molecular weight is 505 g/mol. The van der Waals surface area contributed by atoms with E-state index in [0.717, 1.165) is 29.8 Å². The number of morpholine rings is 1. The molecular weight excluding hydrogens is 472 g/mol. The van der Waals surface area contributed by atoms with Crippen LogP contribution >= 0.6 is 0 Å². The van der Waals surface area contributed by atoms with Crippen molar-refractivity contribution in [1.82, 2.24) is 9.80 Å². The smallest absolute Gasteiger partial charge is 0.290 e. The summed E-state index contributed by atoms with van der Waals surface area (Å²) >= 11 is 0. The maximum Gasteiger partial charge on any atom is 0.290 e. The maximum absolute atomic E-state index is 13.9. The third kappa shape index (κ3) is 4.63. The van der Waals surface area contributed by atoms with Crippen molar-refractivity contribution in [2.75, 3.05) is 53.1 Å². The molecule has 0 spiro atoms. The zero-order chi connectivity index (χ0) is 26.1. The SMILES string of the molecule is C=CCOc1ccc(C2c3c(oc4cc(C)c(C)cc4c3=O)C(=O)N2CCN2CCOCC2)cc1OC. The topological polar surface area (TPSA) is 81.5 Å². The Balaban J connectivity index is 1.62. The van der Waals surface area contributed by atoms with Gasteiger partial charge in [0.05, 0.1) is 37.3 Å². The molecule has 1 unspecified atom stereocenters.